The number of anilines is 2. The zero-order chi connectivity index (χ0) is 21.1. The summed E-state index contributed by atoms with van der Waals surface area (Å²) in [6.45, 7) is 3.74. The monoisotopic (exact) mass is 405 g/mol. The lowest BCUT2D eigenvalue weighted by Crippen LogP contribution is -2.30. The van der Waals surface area contributed by atoms with Crippen LogP contribution in [0, 0.1) is 0 Å². The van der Waals surface area contributed by atoms with E-state index in [9.17, 15) is 9.59 Å². The van der Waals surface area contributed by atoms with Gasteiger partial charge in [0.1, 0.15) is 0 Å². The Labute approximate surface area is 176 Å². The molecule has 3 aromatic rings. The Morgan fingerprint density at radius 3 is 2.43 bits per heavy atom. The van der Waals surface area contributed by atoms with Gasteiger partial charge in [0.25, 0.3) is 5.91 Å². The molecule has 0 radical (unpaired) electrons. The minimum absolute atomic E-state index is 0.352. The number of piperidine rings is 1. The van der Waals surface area contributed by atoms with Crippen molar-refractivity contribution in [3.05, 3.63) is 60.3 Å². The van der Waals surface area contributed by atoms with Gasteiger partial charge in [-0.3, -0.25) is 4.79 Å². The molecule has 0 aliphatic carbocycles. The Morgan fingerprint density at radius 2 is 1.70 bits per heavy atom. The number of carbonyl (C=O) groups is 2. The third-order valence-electron chi connectivity index (χ3n) is 5.63. The van der Waals surface area contributed by atoms with Gasteiger partial charge in [-0.15, -0.1) is 0 Å². The van der Waals surface area contributed by atoms with Gasteiger partial charge in [0, 0.05) is 48.6 Å². The molecule has 6 nitrogen and oxygen atoms in total. The fourth-order valence-electron chi connectivity index (χ4n) is 3.93. The van der Waals surface area contributed by atoms with E-state index in [1.54, 1.807) is 13.1 Å². The number of aryl methyl sites for hydroxylation is 1. The Kier molecular flexibility index (Phi) is 5.74. The third-order valence-corrected chi connectivity index (χ3v) is 5.63. The molecular formula is C24H27N3O3. The van der Waals surface area contributed by atoms with Crippen molar-refractivity contribution in [1.82, 2.24) is 4.57 Å². The van der Waals surface area contributed by atoms with Crippen LogP contribution in [0.2, 0.25) is 0 Å². The van der Waals surface area contributed by atoms with Crippen LogP contribution < -0.4 is 10.2 Å². The molecule has 0 spiro atoms. The van der Waals surface area contributed by atoms with Crippen LogP contribution in [0.25, 0.3) is 10.9 Å². The lowest BCUT2D eigenvalue weighted by atomic mass is 10.1. The quantitative estimate of drug-likeness (QED) is 0.641. The second-order valence-corrected chi connectivity index (χ2v) is 7.80. The molecule has 1 aromatic heterocycles. The van der Waals surface area contributed by atoms with Crippen molar-refractivity contribution in [2.75, 3.05) is 23.3 Å². The SMILES string of the molecule is C[C@H](OC(=O)c1cn(C)c2ccccc12)C(=O)Nc1ccc(N2CCCCC2)cc1. The molecule has 1 amide bonds. The number of ether oxygens (including phenoxy) is 1. The van der Waals surface area contributed by atoms with Crippen LogP contribution in [0.1, 0.15) is 36.5 Å². The predicted molar refractivity (Wildman–Crippen MR) is 119 cm³/mol. The number of esters is 1. The second kappa shape index (κ2) is 8.61. The predicted octanol–water partition coefficient (Wildman–Crippen LogP) is 4.35. The van der Waals surface area contributed by atoms with Crippen LogP contribution >= 0.6 is 0 Å². The molecule has 2 aromatic carbocycles. The molecule has 1 saturated heterocycles. The minimum atomic E-state index is -0.904. The van der Waals surface area contributed by atoms with Gasteiger partial charge in [-0.1, -0.05) is 18.2 Å². The summed E-state index contributed by atoms with van der Waals surface area (Å²) >= 11 is 0. The Morgan fingerprint density at radius 1 is 1.00 bits per heavy atom. The van der Waals surface area contributed by atoms with Crippen LogP contribution in [0.5, 0.6) is 0 Å². The number of para-hydroxylation sites is 1. The first kappa shape index (κ1) is 20.0. The molecule has 0 unspecified atom stereocenters. The fraction of sp³-hybridized carbons (Fsp3) is 0.333. The summed E-state index contributed by atoms with van der Waals surface area (Å²) in [4.78, 5) is 27.5. The van der Waals surface area contributed by atoms with E-state index in [1.165, 1.54) is 24.9 Å². The van der Waals surface area contributed by atoms with E-state index >= 15 is 0 Å². The molecule has 1 aliphatic heterocycles. The highest BCUT2D eigenvalue weighted by Gasteiger charge is 2.22. The number of hydrogen-bond acceptors (Lipinski definition) is 4. The van der Waals surface area contributed by atoms with Crippen molar-refractivity contribution >= 4 is 34.2 Å². The maximum atomic E-state index is 12.6. The summed E-state index contributed by atoms with van der Waals surface area (Å²) in [6.07, 6.45) is 4.56. The lowest BCUT2D eigenvalue weighted by Gasteiger charge is -2.28. The standard InChI is InChI=1S/C24H27N3O3/c1-17(30-24(29)21-16-26(2)22-9-5-4-8-20(21)22)23(28)25-18-10-12-19(13-11-18)27-14-6-3-7-15-27/h4-5,8-13,16-17H,3,6-7,14-15H2,1-2H3,(H,25,28)/t17-/m0/s1. The number of nitrogens with one attached hydrogen (secondary N) is 1. The average Bonchev–Trinajstić information content (AvgIpc) is 3.12. The van der Waals surface area contributed by atoms with Crippen molar-refractivity contribution in [2.24, 2.45) is 7.05 Å². The second-order valence-electron chi connectivity index (χ2n) is 7.80. The molecular weight excluding hydrogens is 378 g/mol. The topological polar surface area (TPSA) is 63.6 Å². The van der Waals surface area contributed by atoms with Gasteiger partial charge in [0.15, 0.2) is 6.10 Å². The van der Waals surface area contributed by atoms with Gasteiger partial charge in [0.05, 0.1) is 5.56 Å². The van der Waals surface area contributed by atoms with Gasteiger partial charge >= 0.3 is 5.97 Å². The molecule has 156 valence electrons. The zero-order valence-corrected chi connectivity index (χ0v) is 17.4. The number of fused-ring (bicyclic) bond motifs is 1. The molecule has 6 heteroatoms. The van der Waals surface area contributed by atoms with E-state index in [0.717, 1.165) is 24.0 Å². The molecule has 1 fully saturated rings. The third kappa shape index (κ3) is 4.17. The molecule has 4 rings (SSSR count). The number of hydrogen-bond donors (Lipinski definition) is 1. The maximum Gasteiger partial charge on any atom is 0.341 e. The summed E-state index contributed by atoms with van der Waals surface area (Å²) in [5.74, 6) is -0.857. The van der Waals surface area contributed by atoms with Crippen LogP contribution in [0.15, 0.2) is 54.7 Å². The Bertz CT molecular complexity index is 1050. The molecule has 0 saturated carbocycles. The van der Waals surface area contributed by atoms with Crippen molar-refractivity contribution in [3.63, 3.8) is 0 Å². The van der Waals surface area contributed by atoms with Gasteiger partial charge in [-0.05, 0) is 56.5 Å². The molecule has 2 heterocycles. The molecule has 1 atom stereocenters. The van der Waals surface area contributed by atoms with Gasteiger partial charge in [-0.25, -0.2) is 4.79 Å². The summed E-state index contributed by atoms with van der Waals surface area (Å²) in [5.41, 5.74) is 3.26. The number of amides is 1. The van der Waals surface area contributed by atoms with Crippen molar-refractivity contribution in [3.8, 4) is 0 Å². The van der Waals surface area contributed by atoms with Gasteiger partial charge < -0.3 is 19.5 Å². The highest BCUT2D eigenvalue weighted by Crippen LogP contribution is 2.23. The minimum Gasteiger partial charge on any atom is -0.449 e. The fourth-order valence-corrected chi connectivity index (χ4v) is 3.93. The van der Waals surface area contributed by atoms with E-state index in [1.807, 2.05) is 60.1 Å². The van der Waals surface area contributed by atoms with E-state index in [0.29, 0.717) is 11.3 Å². The summed E-state index contributed by atoms with van der Waals surface area (Å²) < 4.78 is 7.31. The van der Waals surface area contributed by atoms with Crippen molar-refractivity contribution in [2.45, 2.75) is 32.3 Å². The van der Waals surface area contributed by atoms with Gasteiger partial charge in [0.2, 0.25) is 0 Å². The van der Waals surface area contributed by atoms with E-state index in [4.69, 9.17) is 4.74 Å². The lowest BCUT2D eigenvalue weighted by molar-refractivity contribution is -0.123. The normalized spacial score (nSPS) is 15.1. The van der Waals surface area contributed by atoms with Crippen molar-refractivity contribution < 1.29 is 14.3 Å². The maximum absolute atomic E-state index is 12.6. The van der Waals surface area contributed by atoms with Crippen molar-refractivity contribution in [1.29, 1.82) is 0 Å². The number of aromatic nitrogens is 1. The molecule has 1 N–H and O–H groups in total. The highest BCUT2D eigenvalue weighted by atomic mass is 16.5. The first-order valence-electron chi connectivity index (χ1n) is 10.4. The van der Waals surface area contributed by atoms with E-state index in [-0.39, 0.29) is 5.91 Å². The summed E-state index contributed by atoms with van der Waals surface area (Å²) in [7, 11) is 1.88. The molecule has 0 bridgehead atoms. The first-order chi connectivity index (χ1) is 14.5. The molecule has 1 aliphatic rings. The Balaban J connectivity index is 1.38. The number of rotatable bonds is 5. The highest BCUT2D eigenvalue weighted by molar-refractivity contribution is 6.05. The first-order valence-corrected chi connectivity index (χ1v) is 10.4. The Hall–Kier alpha value is -3.28. The number of nitrogens with zero attached hydrogens (tertiary/aromatic N) is 2. The smallest absolute Gasteiger partial charge is 0.341 e. The van der Waals surface area contributed by atoms with Crippen LogP contribution in [0.4, 0.5) is 11.4 Å². The van der Waals surface area contributed by atoms with E-state index in [2.05, 4.69) is 10.2 Å². The molecule has 30 heavy (non-hydrogen) atoms. The number of benzene rings is 2. The summed E-state index contributed by atoms with van der Waals surface area (Å²) in [6, 6.07) is 15.4. The van der Waals surface area contributed by atoms with Crippen LogP contribution in [-0.2, 0) is 16.6 Å². The van der Waals surface area contributed by atoms with Gasteiger partial charge in [-0.2, -0.15) is 0 Å². The van der Waals surface area contributed by atoms with Crippen LogP contribution in [-0.4, -0.2) is 35.6 Å². The van der Waals surface area contributed by atoms with E-state index < -0.39 is 12.1 Å². The zero-order valence-electron chi connectivity index (χ0n) is 17.4. The number of carbonyl (C=O) groups excluding carboxylic acids is 2. The van der Waals surface area contributed by atoms with Crippen LogP contribution in [0.3, 0.4) is 0 Å². The largest absolute Gasteiger partial charge is 0.449 e. The average molecular weight is 405 g/mol. The summed E-state index contributed by atoms with van der Waals surface area (Å²) in [5, 5.41) is 3.64.